The van der Waals surface area contributed by atoms with E-state index in [0.717, 1.165) is 0 Å². The average molecular weight is 357 g/mol. The first-order chi connectivity index (χ1) is 12.5. The minimum Gasteiger partial charge on any atom is -0.481 e. The lowest BCUT2D eigenvalue weighted by Crippen LogP contribution is -2.40. The summed E-state index contributed by atoms with van der Waals surface area (Å²) in [5.41, 5.74) is 0.770. The Hall–Kier alpha value is -3.34. The second-order valence-corrected chi connectivity index (χ2v) is 5.79. The standard InChI is InChI=1S/C18H19N3O5/c1-26-18(25)13-3-2-4-15(9-13)20-11-14(10-19)16(22)21-7-5-12(6-8-21)17(23)24/h2-4,9,11-12,20H,5-8H2,1H3,(H,23,24)/b14-11-. The summed E-state index contributed by atoms with van der Waals surface area (Å²) in [6, 6.07) is 8.31. The maximum Gasteiger partial charge on any atom is 0.337 e. The van der Waals surface area contributed by atoms with Crippen molar-refractivity contribution < 1.29 is 24.2 Å². The number of ether oxygens (including phenoxy) is 1. The van der Waals surface area contributed by atoms with Crippen LogP contribution in [0.1, 0.15) is 23.2 Å². The lowest BCUT2D eigenvalue weighted by Gasteiger charge is -2.29. The third kappa shape index (κ3) is 4.60. The molecule has 0 saturated carbocycles. The van der Waals surface area contributed by atoms with Crippen LogP contribution in [0.25, 0.3) is 0 Å². The monoisotopic (exact) mass is 357 g/mol. The zero-order valence-electron chi connectivity index (χ0n) is 14.3. The molecule has 0 radical (unpaired) electrons. The molecule has 2 rings (SSSR count). The number of carbonyl (C=O) groups excluding carboxylic acids is 2. The van der Waals surface area contributed by atoms with Gasteiger partial charge in [-0.05, 0) is 31.0 Å². The van der Waals surface area contributed by atoms with Gasteiger partial charge < -0.3 is 20.1 Å². The molecular weight excluding hydrogens is 338 g/mol. The number of esters is 1. The average Bonchev–Trinajstić information content (AvgIpc) is 2.67. The first-order valence-electron chi connectivity index (χ1n) is 8.03. The summed E-state index contributed by atoms with van der Waals surface area (Å²) >= 11 is 0. The number of nitrogens with zero attached hydrogens (tertiary/aromatic N) is 2. The van der Waals surface area contributed by atoms with Crippen molar-refractivity contribution in [2.75, 3.05) is 25.5 Å². The molecule has 0 bridgehead atoms. The molecule has 1 heterocycles. The van der Waals surface area contributed by atoms with Crippen molar-refractivity contribution in [1.82, 2.24) is 4.90 Å². The van der Waals surface area contributed by atoms with Crippen molar-refractivity contribution >= 4 is 23.5 Å². The lowest BCUT2D eigenvalue weighted by atomic mass is 9.97. The predicted octanol–water partition coefficient (Wildman–Crippen LogP) is 1.62. The lowest BCUT2D eigenvalue weighted by molar-refractivity contribution is -0.145. The highest BCUT2D eigenvalue weighted by Crippen LogP contribution is 2.19. The number of nitriles is 1. The molecule has 1 saturated heterocycles. The van der Waals surface area contributed by atoms with Gasteiger partial charge in [-0.2, -0.15) is 5.26 Å². The number of likely N-dealkylation sites (tertiary alicyclic amines) is 1. The van der Waals surface area contributed by atoms with E-state index < -0.39 is 23.8 Å². The molecule has 1 amide bonds. The fourth-order valence-electron chi connectivity index (χ4n) is 2.65. The molecule has 0 spiro atoms. The van der Waals surface area contributed by atoms with Gasteiger partial charge in [0.2, 0.25) is 0 Å². The molecule has 0 atom stereocenters. The summed E-state index contributed by atoms with van der Waals surface area (Å²) in [5, 5.41) is 21.1. The van der Waals surface area contributed by atoms with Gasteiger partial charge in [0.15, 0.2) is 0 Å². The number of benzene rings is 1. The number of amides is 1. The molecule has 8 heteroatoms. The van der Waals surface area contributed by atoms with Gasteiger partial charge in [-0.15, -0.1) is 0 Å². The maximum atomic E-state index is 12.4. The van der Waals surface area contributed by atoms with E-state index in [1.807, 2.05) is 6.07 Å². The van der Waals surface area contributed by atoms with Gasteiger partial charge in [0.1, 0.15) is 11.6 Å². The number of carboxylic acids is 1. The highest BCUT2D eigenvalue weighted by Gasteiger charge is 2.28. The molecular formula is C18H19N3O5. The Bertz CT molecular complexity index is 773. The fraction of sp³-hybridized carbons (Fsp3) is 0.333. The minimum atomic E-state index is -0.861. The second-order valence-electron chi connectivity index (χ2n) is 5.79. The Morgan fingerprint density at radius 2 is 2.04 bits per heavy atom. The smallest absolute Gasteiger partial charge is 0.337 e. The van der Waals surface area contributed by atoms with Crippen LogP contribution < -0.4 is 5.32 Å². The van der Waals surface area contributed by atoms with Crippen LogP contribution in [-0.4, -0.2) is 48.1 Å². The summed E-state index contributed by atoms with van der Waals surface area (Å²) in [6.07, 6.45) is 2.02. The second kappa shape index (κ2) is 8.67. The molecule has 136 valence electrons. The van der Waals surface area contributed by atoms with Crippen LogP contribution in [0.5, 0.6) is 0 Å². The molecule has 2 N–H and O–H groups in total. The van der Waals surface area contributed by atoms with E-state index in [1.54, 1.807) is 24.3 Å². The number of carboxylic acid groups (broad SMARTS) is 1. The van der Waals surface area contributed by atoms with Crippen molar-refractivity contribution in [2.24, 2.45) is 5.92 Å². The third-order valence-electron chi connectivity index (χ3n) is 4.15. The van der Waals surface area contributed by atoms with Crippen LogP contribution in [0.2, 0.25) is 0 Å². The van der Waals surface area contributed by atoms with E-state index in [0.29, 0.717) is 37.2 Å². The van der Waals surface area contributed by atoms with Crippen LogP contribution in [0.3, 0.4) is 0 Å². The number of nitrogens with one attached hydrogen (secondary N) is 1. The zero-order chi connectivity index (χ0) is 19.1. The topological polar surface area (TPSA) is 120 Å². The van der Waals surface area contributed by atoms with Gasteiger partial charge in [-0.1, -0.05) is 6.07 Å². The highest BCUT2D eigenvalue weighted by molar-refractivity contribution is 5.97. The molecule has 8 nitrogen and oxygen atoms in total. The largest absolute Gasteiger partial charge is 0.481 e. The Morgan fingerprint density at radius 1 is 1.35 bits per heavy atom. The number of methoxy groups -OCH3 is 1. The summed E-state index contributed by atoms with van der Waals surface area (Å²) in [5.74, 6) is -2.25. The van der Waals surface area contributed by atoms with Crippen LogP contribution in [-0.2, 0) is 14.3 Å². The van der Waals surface area contributed by atoms with Crippen LogP contribution in [0.4, 0.5) is 5.69 Å². The molecule has 1 aromatic carbocycles. The van der Waals surface area contributed by atoms with Gasteiger partial charge in [0, 0.05) is 25.0 Å². The number of hydrogen-bond donors (Lipinski definition) is 2. The van der Waals surface area contributed by atoms with Crippen molar-refractivity contribution in [1.29, 1.82) is 5.26 Å². The number of rotatable bonds is 5. The van der Waals surface area contributed by atoms with Gasteiger partial charge in [0.05, 0.1) is 18.6 Å². The Morgan fingerprint density at radius 3 is 2.62 bits per heavy atom. The number of aliphatic carboxylic acids is 1. The predicted molar refractivity (Wildman–Crippen MR) is 92.0 cm³/mol. The Labute approximate surface area is 150 Å². The van der Waals surface area contributed by atoms with E-state index >= 15 is 0 Å². The number of piperidine rings is 1. The molecule has 0 aliphatic carbocycles. The van der Waals surface area contributed by atoms with Crippen molar-refractivity contribution in [3.05, 3.63) is 41.6 Å². The highest BCUT2D eigenvalue weighted by atomic mass is 16.5. The van der Waals surface area contributed by atoms with E-state index in [4.69, 9.17) is 5.11 Å². The SMILES string of the molecule is COC(=O)c1cccc(N/C=C(/C#N)C(=O)N2CCC(C(=O)O)CC2)c1. The molecule has 26 heavy (non-hydrogen) atoms. The van der Waals surface area contributed by atoms with E-state index in [9.17, 15) is 19.6 Å². The molecule has 1 aromatic rings. The molecule has 1 aliphatic rings. The Balaban J connectivity index is 2.04. The molecule has 1 aliphatic heterocycles. The summed E-state index contributed by atoms with van der Waals surface area (Å²) in [4.78, 5) is 36.4. The van der Waals surface area contributed by atoms with E-state index in [2.05, 4.69) is 10.1 Å². The van der Waals surface area contributed by atoms with Crippen LogP contribution >= 0.6 is 0 Å². The Kier molecular flexibility index (Phi) is 6.33. The summed E-state index contributed by atoms with van der Waals surface area (Å²) < 4.78 is 4.64. The van der Waals surface area contributed by atoms with Gasteiger partial charge in [0.25, 0.3) is 5.91 Å². The van der Waals surface area contributed by atoms with E-state index in [1.165, 1.54) is 18.2 Å². The molecule has 1 fully saturated rings. The first kappa shape index (κ1) is 19.0. The number of anilines is 1. The number of carbonyl (C=O) groups is 3. The summed E-state index contributed by atoms with van der Waals surface area (Å²) in [7, 11) is 1.28. The normalized spacial score (nSPS) is 15.1. The quantitative estimate of drug-likeness (QED) is 0.467. The van der Waals surface area contributed by atoms with Gasteiger partial charge >= 0.3 is 11.9 Å². The maximum absolute atomic E-state index is 12.4. The van der Waals surface area contributed by atoms with Gasteiger partial charge in [-0.3, -0.25) is 9.59 Å². The number of hydrogen-bond acceptors (Lipinski definition) is 6. The first-order valence-corrected chi connectivity index (χ1v) is 8.03. The molecule has 0 aromatic heterocycles. The molecule has 0 unspecified atom stereocenters. The van der Waals surface area contributed by atoms with Crippen molar-refractivity contribution in [2.45, 2.75) is 12.8 Å². The zero-order valence-corrected chi connectivity index (χ0v) is 14.3. The van der Waals surface area contributed by atoms with Gasteiger partial charge in [-0.25, -0.2) is 4.79 Å². The van der Waals surface area contributed by atoms with E-state index in [-0.39, 0.29) is 5.57 Å². The van der Waals surface area contributed by atoms with Crippen LogP contribution in [0, 0.1) is 17.2 Å². The fourth-order valence-corrected chi connectivity index (χ4v) is 2.65. The summed E-state index contributed by atoms with van der Waals surface area (Å²) in [6.45, 7) is 0.597. The van der Waals surface area contributed by atoms with Crippen molar-refractivity contribution in [3.8, 4) is 6.07 Å². The van der Waals surface area contributed by atoms with Crippen LogP contribution in [0.15, 0.2) is 36.0 Å². The third-order valence-corrected chi connectivity index (χ3v) is 4.15. The van der Waals surface area contributed by atoms with Crippen molar-refractivity contribution in [3.63, 3.8) is 0 Å². The minimum absolute atomic E-state index is 0.0951.